The number of para-hydroxylation sites is 1. The molecular formula is C25H28N6O2. The van der Waals surface area contributed by atoms with Gasteiger partial charge in [-0.3, -0.25) is 19.7 Å². The summed E-state index contributed by atoms with van der Waals surface area (Å²) in [5.41, 5.74) is 3.18. The highest BCUT2D eigenvalue weighted by Crippen LogP contribution is 2.23. The van der Waals surface area contributed by atoms with Crippen LogP contribution in [-0.2, 0) is 4.79 Å². The molecule has 2 aliphatic rings. The van der Waals surface area contributed by atoms with Crippen molar-refractivity contribution in [3.05, 3.63) is 66.6 Å². The van der Waals surface area contributed by atoms with E-state index in [1.165, 1.54) is 5.69 Å². The number of hydrogen-bond acceptors (Lipinski definition) is 5. The van der Waals surface area contributed by atoms with Gasteiger partial charge in [0.25, 0.3) is 5.91 Å². The minimum Gasteiger partial charge on any atom is -0.368 e. The van der Waals surface area contributed by atoms with Crippen LogP contribution in [0.5, 0.6) is 0 Å². The Morgan fingerprint density at radius 3 is 2.52 bits per heavy atom. The predicted molar refractivity (Wildman–Crippen MR) is 126 cm³/mol. The maximum absolute atomic E-state index is 13.2. The third kappa shape index (κ3) is 4.60. The largest absolute Gasteiger partial charge is 0.368 e. The smallest absolute Gasteiger partial charge is 0.271 e. The van der Waals surface area contributed by atoms with Gasteiger partial charge in [-0.2, -0.15) is 5.10 Å². The number of aromatic nitrogens is 3. The standard InChI is InChI=1S/C25H28N6O2/c32-24(30-14-12-29(13-15-30)21-8-2-1-3-9-21)20-7-5-11-31(18-20)25(33)23-16-22(27-28-23)19-6-4-10-26-17-19/h1-4,6,8-10,16-17,20H,5,7,11-15,18H2,(H,27,28)/t20-/m1/s1. The van der Waals surface area contributed by atoms with Crippen molar-refractivity contribution in [2.24, 2.45) is 5.92 Å². The molecule has 2 aromatic heterocycles. The van der Waals surface area contributed by atoms with Gasteiger partial charge in [0.15, 0.2) is 0 Å². The van der Waals surface area contributed by atoms with Crippen LogP contribution in [0.25, 0.3) is 11.3 Å². The number of nitrogens with zero attached hydrogens (tertiary/aromatic N) is 5. The maximum Gasteiger partial charge on any atom is 0.271 e. The van der Waals surface area contributed by atoms with Crippen LogP contribution in [0.3, 0.4) is 0 Å². The predicted octanol–water partition coefficient (Wildman–Crippen LogP) is 2.67. The van der Waals surface area contributed by atoms with Crippen molar-refractivity contribution in [1.29, 1.82) is 0 Å². The van der Waals surface area contributed by atoms with Gasteiger partial charge in [0.2, 0.25) is 5.91 Å². The highest BCUT2D eigenvalue weighted by molar-refractivity contribution is 5.94. The Labute approximate surface area is 193 Å². The summed E-state index contributed by atoms with van der Waals surface area (Å²) in [7, 11) is 0. The number of likely N-dealkylation sites (tertiary alicyclic amines) is 1. The molecule has 0 spiro atoms. The molecule has 2 amide bonds. The summed E-state index contributed by atoms with van der Waals surface area (Å²) in [5, 5.41) is 7.13. The zero-order valence-electron chi connectivity index (χ0n) is 18.6. The molecule has 0 aliphatic carbocycles. The average molecular weight is 445 g/mol. The first-order chi connectivity index (χ1) is 16.2. The number of piperidine rings is 1. The zero-order chi connectivity index (χ0) is 22.6. The number of piperazine rings is 1. The van der Waals surface area contributed by atoms with Crippen LogP contribution in [0.1, 0.15) is 23.3 Å². The Hall–Kier alpha value is -3.68. The van der Waals surface area contributed by atoms with E-state index in [1.807, 2.05) is 35.2 Å². The lowest BCUT2D eigenvalue weighted by molar-refractivity contribution is -0.137. The maximum atomic E-state index is 13.2. The molecule has 0 radical (unpaired) electrons. The summed E-state index contributed by atoms with van der Waals surface area (Å²) >= 11 is 0. The number of nitrogens with one attached hydrogen (secondary N) is 1. The minimum atomic E-state index is -0.147. The first-order valence-corrected chi connectivity index (χ1v) is 11.5. The lowest BCUT2D eigenvalue weighted by Crippen LogP contribution is -2.53. The van der Waals surface area contributed by atoms with Crippen LogP contribution < -0.4 is 4.90 Å². The minimum absolute atomic E-state index is 0.107. The molecule has 1 aromatic carbocycles. The van der Waals surface area contributed by atoms with Crippen molar-refractivity contribution >= 4 is 17.5 Å². The summed E-state index contributed by atoms with van der Waals surface area (Å²) in [6, 6.07) is 15.8. The van der Waals surface area contributed by atoms with E-state index in [-0.39, 0.29) is 17.7 Å². The first-order valence-electron chi connectivity index (χ1n) is 11.5. The number of benzene rings is 1. The Kier molecular flexibility index (Phi) is 6.06. The summed E-state index contributed by atoms with van der Waals surface area (Å²) < 4.78 is 0. The molecule has 8 heteroatoms. The molecule has 170 valence electrons. The molecule has 0 unspecified atom stereocenters. The van der Waals surface area contributed by atoms with Crippen LogP contribution in [0.15, 0.2) is 60.9 Å². The summed E-state index contributed by atoms with van der Waals surface area (Å²) in [4.78, 5) is 36.5. The third-order valence-electron chi connectivity index (χ3n) is 6.54. The summed E-state index contributed by atoms with van der Waals surface area (Å²) in [5.74, 6) is -0.0865. The van der Waals surface area contributed by atoms with Crippen LogP contribution in [0, 0.1) is 5.92 Å². The molecule has 1 atom stereocenters. The van der Waals surface area contributed by atoms with Crippen molar-refractivity contribution < 1.29 is 9.59 Å². The normalized spacial score (nSPS) is 18.9. The molecule has 2 aliphatic heterocycles. The second kappa shape index (κ2) is 9.44. The summed E-state index contributed by atoms with van der Waals surface area (Å²) in [6.45, 7) is 4.20. The van der Waals surface area contributed by atoms with Crippen molar-refractivity contribution in [1.82, 2.24) is 25.0 Å². The molecule has 0 saturated carbocycles. The van der Waals surface area contributed by atoms with Gasteiger partial charge in [0, 0.05) is 62.9 Å². The molecule has 33 heavy (non-hydrogen) atoms. The fourth-order valence-corrected chi connectivity index (χ4v) is 4.71. The second-order valence-corrected chi connectivity index (χ2v) is 8.65. The Morgan fingerprint density at radius 2 is 1.76 bits per heavy atom. The molecule has 2 saturated heterocycles. The van der Waals surface area contributed by atoms with Crippen LogP contribution in [-0.4, -0.2) is 76.1 Å². The number of anilines is 1. The van der Waals surface area contributed by atoms with Gasteiger partial charge in [0.05, 0.1) is 11.6 Å². The van der Waals surface area contributed by atoms with E-state index in [2.05, 4.69) is 32.2 Å². The average Bonchev–Trinajstić information content (AvgIpc) is 3.39. The molecule has 3 aromatic rings. The van der Waals surface area contributed by atoms with Crippen molar-refractivity contribution in [2.45, 2.75) is 12.8 Å². The molecule has 8 nitrogen and oxygen atoms in total. The highest BCUT2D eigenvalue weighted by Gasteiger charge is 2.33. The van der Waals surface area contributed by atoms with E-state index in [4.69, 9.17) is 0 Å². The quantitative estimate of drug-likeness (QED) is 0.669. The fraction of sp³-hybridized carbons (Fsp3) is 0.360. The van der Waals surface area contributed by atoms with Gasteiger partial charge in [-0.25, -0.2) is 0 Å². The molecule has 5 rings (SSSR count). The van der Waals surface area contributed by atoms with Gasteiger partial charge in [-0.1, -0.05) is 18.2 Å². The van der Waals surface area contributed by atoms with E-state index in [9.17, 15) is 9.59 Å². The lowest BCUT2D eigenvalue weighted by atomic mass is 9.96. The number of rotatable bonds is 4. The highest BCUT2D eigenvalue weighted by atomic mass is 16.2. The van der Waals surface area contributed by atoms with E-state index in [0.29, 0.717) is 37.6 Å². The van der Waals surface area contributed by atoms with Crippen LogP contribution in [0.2, 0.25) is 0 Å². The number of carbonyl (C=O) groups excluding carboxylic acids is 2. The topological polar surface area (TPSA) is 85.4 Å². The van der Waals surface area contributed by atoms with Crippen molar-refractivity contribution in [3.8, 4) is 11.3 Å². The van der Waals surface area contributed by atoms with E-state index in [1.54, 1.807) is 23.4 Å². The second-order valence-electron chi connectivity index (χ2n) is 8.65. The number of amides is 2. The molecular weight excluding hydrogens is 416 g/mol. The Bertz CT molecular complexity index is 1090. The number of pyridine rings is 1. The number of carbonyl (C=O) groups is 2. The number of hydrogen-bond donors (Lipinski definition) is 1. The lowest BCUT2D eigenvalue weighted by Gasteiger charge is -2.39. The molecule has 4 heterocycles. The van der Waals surface area contributed by atoms with Crippen LogP contribution in [0.4, 0.5) is 5.69 Å². The van der Waals surface area contributed by atoms with Crippen molar-refractivity contribution in [3.63, 3.8) is 0 Å². The van der Waals surface area contributed by atoms with E-state index >= 15 is 0 Å². The number of H-pyrrole nitrogens is 1. The monoisotopic (exact) mass is 444 g/mol. The van der Waals surface area contributed by atoms with Crippen molar-refractivity contribution in [2.75, 3.05) is 44.2 Å². The van der Waals surface area contributed by atoms with Gasteiger partial charge < -0.3 is 14.7 Å². The van der Waals surface area contributed by atoms with E-state index in [0.717, 1.165) is 31.5 Å². The summed E-state index contributed by atoms with van der Waals surface area (Å²) in [6.07, 6.45) is 5.08. The zero-order valence-corrected chi connectivity index (χ0v) is 18.6. The molecule has 1 N–H and O–H groups in total. The Balaban J connectivity index is 1.19. The number of aromatic amines is 1. The van der Waals surface area contributed by atoms with Gasteiger partial charge >= 0.3 is 0 Å². The third-order valence-corrected chi connectivity index (χ3v) is 6.54. The molecule has 2 fully saturated rings. The SMILES string of the molecule is O=C(c1cc(-c2cccnc2)n[nH]1)N1CCC[C@@H](C(=O)N2CCN(c3ccccc3)CC2)C1. The van der Waals surface area contributed by atoms with Gasteiger partial charge in [-0.05, 0) is 43.2 Å². The Morgan fingerprint density at radius 1 is 0.939 bits per heavy atom. The molecule has 0 bridgehead atoms. The fourth-order valence-electron chi connectivity index (χ4n) is 4.71. The van der Waals surface area contributed by atoms with Gasteiger partial charge in [-0.15, -0.1) is 0 Å². The first kappa shape index (κ1) is 21.2. The van der Waals surface area contributed by atoms with Gasteiger partial charge in [0.1, 0.15) is 5.69 Å². The van der Waals surface area contributed by atoms with E-state index < -0.39 is 0 Å². The van der Waals surface area contributed by atoms with Crippen LogP contribution >= 0.6 is 0 Å².